The van der Waals surface area contributed by atoms with Crippen molar-refractivity contribution in [1.29, 1.82) is 5.26 Å². The fourth-order valence-electron chi connectivity index (χ4n) is 3.67. The topological polar surface area (TPSA) is 114 Å². The average molecular weight is 350 g/mol. The highest BCUT2D eigenvalue weighted by atomic mass is 16.4. The van der Waals surface area contributed by atoms with E-state index in [2.05, 4.69) is 11.4 Å². The number of carbonyl (C=O) groups excluding carboxylic acids is 2. The lowest BCUT2D eigenvalue weighted by atomic mass is 9.85. The van der Waals surface area contributed by atoms with Crippen molar-refractivity contribution in [2.45, 2.75) is 50.6 Å². The lowest BCUT2D eigenvalue weighted by Gasteiger charge is -2.31. The van der Waals surface area contributed by atoms with Gasteiger partial charge in [0, 0.05) is 25.6 Å². The highest BCUT2D eigenvalue weighted by molar-refractivity contribution is 5.83. The number of carbonyl (C=O) groups is 3. The molecule has 8 nitrogen and oxygen atoms in total. The maximum absolute atomic E-state index is 12.2. The number of likely N-dealkylation sites (N-methyl/N-ethyl adjacent to an activating group) is 1. The predicted octanol–water partition coefficient (Wildman–Crippen LogP) is 0.192. The Morgan fingerprint density at radius 1 is 1.24 bits per heavy atom. The first-order valence-electron chi connectivity index (χ1n) is 8.81. The Morgan fingerprint density at radius 3 is 2.52 bits per heavy atom. The van der Waals surface area contributed by atoms with Crippen molar-refractivity contribution in [2.24, 2.45) is 5.92 Å². The second kappa shape index (κ2) is 8.81. The van der Waals surface area contributed by atoms with E-state index < -0.39 is 5.97 Å². The van der Waals surface area contributed by atoms with Gasteiger partial charge in [0.05, 0.1) is 12.6 Å². The fraction of sp³-hybridized carbons (Fsp3) is 0.765. The molecule has 1 aliphatic carbocycles. The van der Waals surface area contributed by atoms with Crippen molar-refractivity contribution in [3.8, 4) is 6.07 Å². The molecule has 25 heavy (non-hydrogen) atoms. The van der Waals surface area contributed by atoms with Gasteiger partial charge in [0.25, 0.3) is 0 Å². The Bertz CT molecular complexity index is 551. The maximum atomic E-state index is 12.2. The number of amides is 2. The van der Waals surface area contributed by atoms with E-state index in [-0.39, 0.29) is 42.9 Å². The number of aliphatic carboxylic acids is 1. The summed E-state index contributed by atoms with van der Waals surface area (Å²) in [6.45, 7) is 0.595. The second-order valence-electron chi connectivity index (χ2n) is 6.89. The molecule has 0 spiro atoms. The molecule has 0 radical (unpaired) electrons. The number of nitrogens with zero attached hydrogens (tertiary/aromatic N) is 3. The molecule has 2 amide bonds. The smallest absolute Gasteiger partial charge is 0.323 e. The molecule has 0 aromatic carbocycles. The number of nitriles is 1. The number of rotatable bonds is 6. The standard InChI is InChI=1S/C17H26N4O4/c1-20(11-16(23)24)17(25)12-4-6-13(7-5-12)19-10-15(22)21-8-2-3-14(21)9-18/h12-14,19H,2-8,10-11H2,1H3,(H,23,24)/t12?,13?,14-/m0/s1. The van der Waals surface area contributed by atoms with Crippen LogP contribution in [0.2, 0.25) is 0 Å². The minimum absolute atomic E-state index is 0.0385. The van der Waals surface area contributed by atoms with Gasteiger partial charge < -0.3 is 20.2 Å². The second-order valence-corrected chi connectivity index (χ2v) is 6.89. The Kier molecular flexibility index (Phi) is 6.76. The van der Waals surface area contributed by atoms with Crippen molar-refractivity contribution >= 4 is 17.8 Å². The number of carboxylic acid groups (broad SMARTS) is 1. The highest BCUT2D eigenvalue weighted by Gasteiger charge is 2.31. The Hall–Kier alpha value is -2.14. The van der Waals surface area contributed by atoms with Crippen molar-refractivity contribution in [3.05, 3.63) is 0 Å². The van der Waals surface area contributed by atoms with Gasteiger partial charge in [-0.1, -0.05) is 0 Å². The van der Waals surface area contributed by atoms with E-state index in [1.807, 2.05) is 0 Å². The quantitative estimate of drug-likeness (QED) is 0.707. The zero-order chi connectivity index (χ0) is 18.4. The van der Waals surface area contributed by atoms with Gasteiger partial charge in [0.15, 0.2) is 0 Å². The minimum Gasteiger partial charge on any atom is -0.480 e. The molecule has 2 rings (SSSR count). The highest BCUT2D eigenvalue weighted by Crippen LogP contribution is 2.26. The van der Waals surface area contributed by atoms with Gasteiger partial charge in [0.1, 0.15) is 12.6 Å². The molecule has 0 aromatic rings. The van der Waals surface area contributed by atoms with Gasteiger partial charge in [-0.05, 0) is 38.5 Å². The molecule has 138 valence electrons. The first-order valence-corrected chi connectivity index (χ1v) is 8.81. The van der Waals surface area contributed by atoms with Crippen LogP contribution in [0.4, 0.5) is 0 Å². The molecule has 1 saturated heterocycles. The lowest BCUT2D eigenvalue weighted by molar-refractivity contribution is -0.145. The summed E-state index contributed by atoms with van der Waals surface area (Å²) in [6.07, 6.45) is 4.58. The SMILES string of the molecule is CN(CC(=O)O)C(=O)C1CCC(NCC(=O)N2CCC[C@H]2C#N)CC1. The van der Waals surface area contributed by atoms with Crippen LogP contribution in [-0.4, -0.2) is 71.5 Å². The Balaban J connectivity index is 1.72. The fourth-order valence-corrected chi connectivity index (χ4v) is 3.67. The van der Waals surface area contributed by atoms with Crippen LogP contribution in [0.5, 0.6) is 0 Å². The Morgan fingerprint density at radius 2 is 1.92 bits per heavy atom. The van der Waals surface area contributed by atoms with Crippen LogP contribution in [0.3, 0.4) is 0 Å². The molecule has 1 atom stereocenters. The summed E-state index contributed by atoms with van der Waals surface area (Å²) in [5.41, 5.74) is 0. The van der Waals surface area contributed by atoms with E-state index >= 15 is 0 Å². The summed E-state index contributed by atoms with van der Waals surface area (Å²) in [4.78, 5) is 38.0. The zero-order valence-corrected chi connectivity index (χ0v) is 14.6. The van der Waals surface area contributed by atoms with Gasteiger partial charge in [-0.3, -0.25) is 14.4 Å². The van der Waals surface area contributed by atoms with Crippen LogP contribution >= 0.6 is 0 Å². The molecule has 8 heteroatoms. The molecule has 0 aromatic heterocycles. The molecule has 0 bridgehead atoms. The van der Waals surface area contributed by atoms with Gasteiger partial charge in [-0.2, -0.15) is 5.26 Å². The normalized spacial score (nSPS) is 26.1. The molecule has 1 saturated carbocycles. The maximum Gasteiger partial charge on any atom is 0.323 e. The van der Waals surface area contributed by atoms with Gasteiger partial charge in [-0.25, -0.2) is 0 Å². The average Bonchev–Trinajstić information content (AvgIpc) is 3.07. The van der Waals surface area contributed by atoms with Crippen LogP contribution in [0.25, 0.3) is 0 Å². The number of likely N-dealkylation sites (tertiary alicyclic amines) is 1. The van der Waals surface area contributed by atoms with E-state index in [1.165, 1.54) is 11.9 Å². The summed E-state index contributed by atoms with van der Waals surface area (Å²) >= 11 is 0. The first kappa shape index (κ1) is 19.2. The molecule has 1 aliphatic heterocycles. The molecule has 2 aliphatic rings. The van der Waals surface area contributed by atoms with E-state index in [4.69, 9.17) is 10.4 Å². The van der Waals surface area contributed by atoms with Crippen molar-refractivity contribution in [1.82, 2.24) is 15.1 Å². The number of hydrogen-bond donors (Lipinski definition) is 2. The van der Waals surface area contributed by atoms with Gasteiger partial charge in [-0.15, -0.1) is 0 Å². The van der Waals surface area contributed by atoms with E-state index in [9.17, 15) is 14.4 Å². The third kappa shape index (κ3) is 5.16. The Labute approximate surface area is 147 Å². The summed E-state index contributed by atoms with van der Waals surface area (Å²) in [5, 5.41) is 21.1. The predicted molar refractivity (Wildman–Crippen MR) is 89.4 cm³/mol. The van der Waals surface area contributed by atoms with Crippen LogP contribution < -0.4 is 5.32 Å². The van der Waals surface area contributed by atoms with Gasteiger partial charge >= 0.3 is 5.97 Å². The summed E-state index contributed by atoms with van der Waals surface area (Å²) in [5.74, 6) is -1.31. The molecule has 1 heterocycles. The van der Waals surface area contributed by atoms with Crippen LogP contribution in [0.15, 0.2) is 0 Å². The summed E-state index contributed by atoms with van der Waals surface area (Å²) in [7, 11) is 1.51. The number of carboxylic acids is 1. The van der Waals surface area contributed by atoms with Gasteiger partial charge in [0.2, 0.25) is 11.8 Å². The third-order valence-corrected chi connectivity index (χ3v) is 5.09. The lowest BCUT2D eigenvalue weighted by Crippen LogP contribution is -2.45. The molecule has 0 unspecified atom stereocenters. The third-order valence-electron chi connectivity index (χ3n) is 5.09. The van der Waals surface area contributed by atoms with Crippen LogP contribution in [0, 0.1) is 17.2 Å². The van der Waals surface area contributed by atoms with Crippen molar-refractivity contribution in [3.63, 3.8) is 0 Å². The summed E-state index contributed by atoms with van der Waals surface area (Å²) < 4.78 is 0. The molecular weight excluding hydrogens is 324 g/mol. The zero-order valence-electron chi connectivity index (χ0n) is 14.6. The van der Waals surface area contributed by atoms with E-state index in [0.29, 0.717) is 19.4 Å². The summed E-state index contributed by atoms with van der Waals surface area (Å²) in [6, 6.07) is 2.05. The van der Waals surface area contributed by atoms with E-state index in [0.717, 1.165) is 25.7 Å². The minimum atomic E-state index is -1.01. The van der Waals surface area contributed by atoms with Crippen molar-refractivity contribution < 1.29 is 19.5 Å². The van der Waals surface area contributed by atoms with Crippen LogP contribution in [0.1, 0.15) is 38.5 Å². The number of hydrogen-bond acceptors (Lipinski definition) is 5. The first-order chi connectivity index (χ1) is 11.9. The molecular formula is C17H26N4O4. The monoisotopic (exact) mass is 350 g/mol. The number of nitrogens with one attached hydrogen (secondary N) is 1. The molecule has 2 fully saturated rings. The largest absolute Gasteiger partial charge is 0.480 e. The molecule has 2 N–H and O–H groups in total. The van der Waals surface area contributed by atoms with E-state index in [1.54, 1.807) is 4.90 Å². The van der Waals surface area contributed by atoms with Crippen LogP contribution in [-0.2, 0) is 14.4 Å². The van der Waals surface area contributed by atoms with Crippen molar-refractivity contribution in [2.75, 3.05) is 26.7 Å².